The first-order valence-electron chi connectivity index (χ1n) is 6.99. The summed E-state index contributed by atoms with van der Waals surface area (Å²) < 4.78 is 0. The van der Waals surface area contributed by atoms with Gasteiger partial charge in [0.25, 0.3) is 0 Å². The molecule has 2 aromatic rings. The van der Waals surface area contributed by atoms with Gasteiger partial charge in [0.05, 0.1) is 5.54 Å². The maximum atomic E-state index is 8.04. The molecule has 108 valence electrons. The van der Waals surface area contributed by atoms with Crippen molar-refractivity contribution in [2.24, 2.45) is 0 Å². The summed E-state index contributed by atoms with van der Waals surface area (Å²) in [5, 5.41) is 12.8. The lowest BCUT2D eigenvalue weighted by Crippen LogP contribution is -2.58. The Kier molecular flexibility index (Phi) is 3.39. The summed E-state index contributed by atoms with van der Waals surface area (Å²) in [7, 11) is 1.75. The number of hydrogen-bond acceptors (Lipinski definition) is 2. The van der Waals surface area contributed by atoms with Crippen LogP contribution < -0.4 is 5.32 Å². The molecule has 1 aliphatic rings. The van der Waals surface area contributed by atoms with Crippen molar-refractivity contribution in [3.8, 4) is 0 Å². The quantitative estimate of drug-likeness (QED) is 0.889. The zero-order chi connectivity index (χ0) is 14.9. The molecule has 1 fully saturated rings. The van der Waals surface area contributed by atoms with Gasteiger partial charge in [0.15, 0.2) is 0 Å². The Morgan fingerprint density at radius 3 is 2.24 bits per heavy atom. The van der Waals surface area contributed by atoms with Crippen molar-refractivity contribution in [1.82, 2.24) is 10.4 Å². The Hall–Kier alpha value is -2.33. The number of nitrogens with one attached hydrogen (secondary N) is 2. The van der Waals surface area contributed by atoms with Crippen molar-refractivity contribution in [2.75, 3.05) is 7.05 Å². The second-order valence-electron chi connectivity index (χ2n) is 5.44. The molecule has 2 N–H and O–H groups in total. The number of rotatable bonds is 2. The molecule has 2 atom stereocenters. The molecule has 2 unspecified atom stereocenters. The van der Waals surface area contributed by atoms with E-state index in [1.54, 1.807) is 7.05 Å². The van der Waals surface area contributed by atoms with Gasteiger partial charge in [0.2, 0.25) is 5.96 Å². The van der Waals surface area contributed by atoms with Crippen molar-refractivity contribution in [3.63, 3.8) is 0 Å². The molecule has 0 saturated carbocycles. The van der Waals surface area contributed by atoms with Crippen LogP contribution in [0.3, 0.4) is 0 Å². The number of hydroxylamine groups is 2. The van der Waals surface area contributed by atoms with E-state index in [0.29, 0.717) is 0 Å². The van der Waals surface area contributed by atoms with E-state index in [9.17, 15) is 0 Å². The minimum absolute atomic E-state index is 0.208. The molecule has 0 aliphatic carbocycles. The molecule has 0 amide bonds. The highest BCUT2D eigenvalue weighted by Gasteiger charge is 2.44. The molecular formula is C17H19N3O. The first-order valence-corrected chi connectivity index (χ1v) is 6.99. The Labute approximate surface area is 124 Å². The standard InChI is InChI=1S/C17H19N3O/c1-17(14-11-7-4-8-12-14)15(13-9-5-3-6-10-13)21-20(2)16(18)19-17/h3-12,15H,1-2H3,(H2,18,19). The van der Waals surface area contributed by atoms with Gasteiger partial charge in [0.1, 0.15) is 6.10 Å². The first kappa shape index (κ1) is 13.6. The Morgan fingerprint density at radius 1 is 1.05 bits per heavy atom. The summed E-state index contributed by atoms with van der Waals surface area (Å²) >= 11 is 0. The van der Waals surface area contributed by atoms with Crippen LogP contribution in [0.25, 0.3) is 0 Å². The molecule has 21 heavy (non-hydrogen) atoms. The van der Waals surface area contributed by atoms with Crippen LogP contribution in [0.1, 0.15) is 24.2 Å². The zero-order valence-electron chi connectivity index (χ0n) is 12.2. The minimum Gasteiger partial charge on any atom is -0.342 e. The van der Waals surface area contributed by atoms with Gasteiger partial charge in [-0.2, -0.15) is 0 Å². The van der Waals surface area contributed by atoms with Crippen LogP contribution in [0.2, 0.25) is 0 Å². The van der Waals surface area contributed by atoms with Crippen LogP contribution in [-0.2, 0) is 10.4 Å². The number of benzene rings is 2. The average Bonchev–Trinajstić information content (AvgIpc) is 2.53. The van der Waals surface area contributed by atoms with Gasteiger partial charge in [-0.05, 0) is 18.1 Å². The zero-order valence-corrected chi connectivity index (χ0v) is 12.2. The summed E-state index contributed by atoms with van der Waals surface area (Å²) in [5.74, 6) is 0.258. The fourth-order valence-corrected chi connectivity index (χ4v) is 2.74. The van der Waals surface area contributed by atoms with Crippen LogP contribution in [-0.4, -0.2) is 18.1 Å². The third kappa shape index (κ3) is 2.38. The highest BCUT2D eigenvalue weighted by molar-refractivity contribution is 5.77. The Morgan fingerprint density at radius 2 is 1.62 bits per heavy atom. The number of hydrogen-bond donors (Lipinski definition) is 2. The molecule has 0 spiro atoms. The predicted molar refractivity (Wildman–Crippen MR) is 82.7 cm³/mol. The monoisotopic (exact) mass is 281 g/mol. The van der Waals surface area contributed by atoms with Crippen molar-refractivity contribution < 1.29 is 4.84 Å². The van der Waals surface area contributed by atoms with Crippen molar-refractivity contribution in [3.05, 3.63) is 71.8 Å². The lowest BCUT2D eigenvalue weighted by molar-refractivity contribution is -0.185. The van der Waals surface area contributed by atoms with Crippen LogP contribution >= 0.6 is 0 Å². The van der Waals surface area contributed by atoms with E-state index in [-0.39, 0.29) is 12.1 Å². The highest BCUT2D eigenvalue weighted by Crippen LogP contribution is 2.40. The highest BCUT2D eigenvalue weighted by atomic mass is 16.7. The Balaban J connectivity index is 2.08. The molecule has 1 aliphatic heterocycles. The summed E-state index contributed by atoms with van der Waals surface area (Å²) in [4.78, 5) is 6.00. The van der Waals surface area contributed by atoms with E-state index >= 15 is 0 Å². The van der Waals surface area contributed by atoms with E-state index in [2.05, 4.69) is 36.5 Å². The Bertz CT molecular complexity index is 629. The van der Waals surface area contributed by atoms with E-state index in [0.717, 1.165) is 11.1 Å². The topological polar surface area (TPSA) is 48.4 Å². The normalized spacial score (nSPS) is 25.5. The molecular weight excluding hydrogens is 262 g/mol. The van der Waals surface area contributed by atoms with Crippen LogP contribution in [0, 0.1) is 5.41 Å². The predicted octanol–water partition coefficient (Wildman–Crippen LogP) is 3.04. The molecule has 4 heteroatoms. The minimum atomic E-state index is -0.494. The van der Waals surface area contributed by atoms with E-state index in [1.807, 2.05) is 36.4 Å². The summed E-state index contributed by atoms with van der Waals surface area (Å²) in [6.45, 7) is 2.07. The summed E-state index contributed by atoms with van der Waals surface area (Å²) in [5.41, 5.74) is 1.68. The van der Waals surface area contributed by atoms with Crippen molar-refractivity contribution in [2.45, 2.75) is 18.6 Å². The van der Waals surface area contributed by atoms with E-state index in [4.69, 9.17) is 10.2 Å². The van der Waals surface area contributed by atoms with Crippen LogP contribution in [0.5, 0.6) is 0 Å². The third-order valence-electron chi connectivity index (χ3n) is 3.96. The molecule has 0 aromatic heterocycles. The van der Waals surface area contributed by atoms with Gasteiger partial charge >= 0.3 is 0 Å². The number of guanidine groups is 1. The second kappa shape index (κ2) is 5.22. The molecule has 1 saturated heterocycles. The van der Waals surface area contributed by atoms with Gasteiger partial charge in [-0.1, -0.05) is 60.7 Å². The number of nitrogens with zero attached hydrogens (tertiary/aromatic N) is 1. The van der Waals surface area contributed by atoms with Gasteiger partial charge in [-0.3, -0.25) is 10.2 Å². The van der Waals surface area contributed by atoms with Gasteiger partial charge in [0, 0.05) is 7.05 Å². The van der Waals surface area contributed by atoms with Gasteiger partial charge in [-0.15, -0.1) is 0 Å². The molecule has 2 aromatic carbocycles. The third-order valence-corrected chi connectivity index (χ3v) is 3.96. The fraction of sp³-hybridized carbons (Fsp3) is 0.235. The smallest absolute Gasteiger partial charge is 0.216 e. The molecule has 4 nitrogen and oxygen atoms in total. The van der Waals surface area contributed by atoms with Crippen molar-refractivity contribution >= 4 is 5.96 Å². The lowest BCUT2D eigenvalue weighted by Gasteiger charge is -2.46. The largest absolute Gasteiger partial charge is 0.342 e. The first-order chi connectivity index (χ1) is 10.1. The lowest BCUT2D eigenvalue weighted by atomic mass is 9.82. The van der Waals surface area contributed by atoms with Crippen LogP contribution in [0.15, 0.2) is 60.7 Å². The fourth-order valence-electron chi connectivity index (χ4n) is 2.74. The maximum absolute atomic E-state index is 8.04. The van der Waals surface area contributed by atoms with E-state index < -0.39 is 5.54 Å². The molecule has 0 radical (unpaired) electrons. The second-order valence-corrected chi connectivity index (χ2v) is 5.44. The van der Waals surface area contributed by atoms with Gasteiger partial charge in [-0.25, -0.2) is 5.06 Å². The molecule has 0 bridgehead atoms. The van der Waals surface area contributed by atoms with E-state index in [1.165, 1.54) is 5.06 Å². The maximum Gasteiger partial charge on any atom is 0.216 e. The average molecular weight is 281 g/mol. The molecule has 3 rings (SSSR count). The van der Waals surface area contributed by atoms with Crippen molar-refractivity contribution in [1.29, 1.82) is 5.41 Å². The van der Waals surface area contributed by atoms with Crippen LogP contribution in [0.4, 0.5) is 0 Å². The SMILES string of the molecule is CN1OC(c2ccccc2)C(C)(c2ccccc2)NC1=N. The summed E-state index contributed by atoms with van der Waals surface area (Å²) in [6, 6.07) is 20.2. The van der Waals surface area contributed by atoms with Gasteiger partial charge < -0.3 is 5.32 Å². The molecule has 1 heterocycles. The summed E-state index contributed by atoms with van der Waals surface area (Å²) in [6.07, 6.45) is -0.208.